The number of aliphatic hydroxyl groups excluding tert-OH is 1. The minimum absolute atomic E-state index is 0.332. The molecular formula is C15H25NO3S. The summed E-state index contributed by atoms with van der Waals surface area (Å²) in [7, 11) is 1.69. The van der Waals surface area contributed by atoms with E-state index in [4.69, 9.17) is 9.47 Å². The standard InChI is InChI=1S/C15H25NO3S/c1-4-8-19-12-14(17)10-16(7-9-18-3)11-15-6-5-13(2)20-15/h4-6,14,17H,1,7-12H2,2-3H3/t14-/m0/s1. The van der Waals surface area contributed by atoms with Crippen molar-refractivity contribution < 1.29 is 14.6 Å². The van der Waals surface area contributed by atoms with E-state index in [-0.39, 0.29) is 0 Å². The highest BCUT2D eigenvalue weighted by Gasteiger charge is 2.13. The van der Waals surface area contributed by atoms with Gasteiger partial charge >= 0.3 is 0 Å². The molecule has 0 radical (unpaired) electrons. The molecule has 4 nitrogen and oxygen atoms in total. The summed E-state index contributed by atoms with van der Waals surface area (Å²) in [6.45, 7) is 9.36. The van der Waals surface area contributed by atoms with E-state index < -0.39 is 6.10 Å². The van der Waals surface area contributed by atoms with Gasteiger partial charge in [-0.3, -0.25) is 4.90 Å². The van der Waals surface area contributed by atoms with Crippen LogP contribution < -0.4 is 0 Å². The van der Waals surface area contributed by atoms with Gasteiger partial charge in [0.1, 0.15) is 0 Å². The van der Waals surface area contributed by atoms with Gasteiger partial charge < -0.3 is 14.6 Å². The van der Waals surface area contributed by atoms with Gasteiger partial charge in [-0.05, 0) is 19.1 Å². The summed E-state index contributed by atoms with van der Waals surface area (Å²) in [6, 6.07) is 4.26. The Labute approximate surface area is 125 Å². The van der Waals surface area contributed by atoms with Crippen LogP contribution in [-0.4, -0.2) is 56.1 Å². The molecule has 1 aromatic heterocycles. The Bertz CT molecular complexity index is 381. The van der Waals surface area contributed by atoms with Gasteiger partial charge in [0.2, 0.25) is 0 Å². The number of nitrogens with zero attached hydrogens (tertiary/aromatic N) is 1. The minimum Gasteiger partial charge on any atom is -0.389 e. The molecule has 5 heteroatoms. The van der Waals surface area contributed by atoms with E-state index in [9.17, 15) is 5.11 Å². The summed E-state index contributed by atoms with van der Waals surface area (Å²) in [5.74, 6) is 0. The Hall–Kier alpha value is -0.720. The fraction of sp³-hybridized carbons (Fsp3) is 0.600. The Morgan fingerprint density at radius 3 is 2.90 bits per heavy atom. The summed E-state index contributed by atoms with van der Waals surface area (Å²) < 4.78 is 10.4. The third kappa shape index (κ3) is 7.17. The predicted octanol–water partition coefficient (Wildman–Crippen LogP) is 2.07. The highest BCUT2D eigenvalue weighted by molar-refractivity contribution is 7.11. The van der Waals surface area contributed by atoms with Crippen molar-refractivity contribution in [3.63, 3.8) is 0 Å². The number of aryl methyl sites for hydroxylation is 1. The maximum absolute atomic E-state index is 9.99. The lowest BCUT2D eigenvalue weighted by Gasteiger charge is -2.24. The van der Waals surface area contributed by atoms with Crippen LogP contribution in [-0.2, 0) is 16.0 Å². The Kier molecular flexibility index (Phi) is 8.73. The summed E-state index contributed by atoms with van der Waals surface area (Å²) in [5.41, 5.74) is 0. The zero-order chi connectivity index (χ0) is 14.8. The first-order valence-corrected chi connectivity index (χ1v) is 7.60. The molecule has 0 unspecified atom stereocenters. The zero-order valence-corrected chi connectivity index (χ0v) is 13.2. The van der Waals surface area contributed by atoms with Gasteiger partial charge in [0.15, 0.2) is 0 Å². The number of hydrogen-bond acceptors (Lipinski definition) is 5. The maximum atomic E-state index is 9.99. The molecule has 0 aliphatic carbocycles. The maximum Gasteiger partial charge on any atom is 0.0900 e. The van der Waals surface area contributed by atoms with Crippen LogP contribution >= 0.6 is 11.3 Å². The highest BCUT2D eigenvalue weighted by Crippen LogP contribution is 2.17. The van der Waals surface area contributed by atoms with E-state index in [1.165, 1.54) is 9.75 Å². The Morgan fingerprint density at radius 1 is 1.50 bits per heavy atom. The van der Waals surface area contributed by atoms with Gasteiger partial charge in [-0.15, -0.1) is 17.9 Å². The summed E-state index contributed by atoms with van der Waals surface area (Å²) in [4.78, 5) is 4.80. The molecule has 1 rings (SSSR count). The Morgan fingerprint density at radius 2 is 2.30 bits per heavy atom. The first kappa shape index (κ1) is 17.3. The molecule has 0 bridgehead atoms. The van der Waals surface area contributed by atoms with Crippen LogP contribution in [0.4, 0.5) is 0 Å². The summed E-state index contributed by atoms with van der Waals surface area (Å²) in [5, 5.41) is 9.99. The molecule has 0 fully saturated rings. The highest BCUT2D eigenvalue weighted by atomic mass is 32.1. The lowest BCUT2D eigenvalue weighted by Crippen LogP contribution is -2.36. The fourth-order valence-electron chi connectivity index (χ4n) is 1.88. The van der Waals surface area contributed by atoms with Crippen LogP contribution in [0.25, 0.3) is 0 Å². The van der Waals surface area contributed by atoms with Gasteiger partial charge in [0.25, 0.3) is 0 Å². The lowest BCUT2D eigenvalue weighted by molar-refractivity contribution is 0.0196. The van der Waals surface area contributed by atoms with Crippen molar-refractivity contribution in [3.05, 3.63) is 34.5 Å². The summed E-state index contributed by atoms with van der Waals surface area (Å²) in [6.07, 6.45) is 1.19. The average molecular weight is 299 g/mol. The van der Waals surface area contributed by atoms with E-state index in [0.717, 1.165) is 13.1 Å². The van der Waals surface area contributed by atoms with E-state index >= 15 is 0 Å². The number of ether oxygens (including phenoxy) is 2. The molecule has 1 aromatic rings. The van der Waals surface area contributed by atoms with Crippen LogP contribution in [0, 0.1) is 6.92 Å². The first-order chi connectivity index (χ1) is 9.65. The van der Waals surface area contributed by atoms with Gasteiger partial charge in [0.05, 0.1) is 25.9 Å². The van der Waals surface area contributed by atoms with Crippen molar-refractivity contribution >= 4 is 11.3 Å². The fourth-order valence-corrected chi connectivity index (χ4v) is 2.82. The number of thiophene rings is 1. The molecular weight excluding hydrogens is 274 g/mol. The summed E-state index contributed by atoms with van der Waals surface area (Å²) >= 11 is 1.79. The molecule has 0 saturated carbocycles. The second kappa shape index (κ2) is 10.1. The first-order valence-electron chi connectivity index (χ1n) is 6.79. The smallest absolute Gasteiger partial charge is 0.0900 e. The van der Waals surface area contributed by atoms with Gasteiger partial charge in [0, 0.05) is 36.5 Å². The van der Waals surface area contributed by atoms with Crippen molar-refractivity contribution in [1.82, 2.24) is 4.90 Å². The lowest BCUT2D eigenvalue weighted by atomic mass is 10.3. The molecule has 0 amide bonds. The number of methoxy groups -OCH3 is 1. The molecule has 0 spiro atoms. The monoisotopic (exact) mass is 299 g/mol. The van der Waals surface area contributed by atoms with Crippen molar-refractivity contribution in [2.75, 3.05) is 40.0 Å². The molecule has 0 aromatic carbocycles. The third-order valence-corrected chi connectivity index (χ3v) is 3.79. The van der Waals surface area contributed by atoms with Gasteiger partial charge in [-0.2, -0.15) is 0 Å². The van der Waals surface area contributed by atoms with Gasteiger partial charge in [-0.25, -0.2) is 0 Å². The minimum atomic E-state index is -0.493. The largest absolute Gasteiger partial charge is 0.389 e. The topological polar surface area (TPSA) is 41.9 Å². The molecule has 20 heavy (non-hydrogen) atoms. The second-order valence-corrected chi connectivity index (χ2v) is 6.09. The van der Waals surface area contributed by atoms with Crippen LogP contribution in [0.15, 0.2) is 24.8 Å². The SMILES string of the molecule is C=CCOC[C@@H](O)CN(CCOC)Cc1ccc(C)s1. The molecule has 0 saturated heterocycles. The molecule has 1 N–H and O–H groups in total. The van der Waals surface area contributed by atoms with E-state index in [0.29, 0.717) is 26.4 Å². The van der Waals surface area contributed by atoms with Crippen molar-refractivity contribution in [2.24, 2.45) is 0 Å². The van der Waals surface area contributed by atoms with Crippen LogP contribution in [0.5, 0.6) is 0 Å². The van der Waals surface area contributed by atoms with Crippen LogP contribution in [0.1, 0.15) is 9.75 Å². The van der Waals surface area contributed by atoms with Crippen LogP contribution in [0.3, 0.4) is 0 Å². The third-order valence-electron chi connectivity index (χ3n) is 2.80. The second-order valence-electron chi connectivity index (χ2n) is 4.72. The van der Waals surface area contributed by atoms with Gasteiger partial charge in [-0.1, -0.05) is 6.08 Å². The Balaban J connectivity index is 2.43. The normalized spacial score (nSPS) is 12.8. The molecule has 0 aliphatic rings. The average Bonchev–Trinajstić information content (AvgIpc) is 2.81. The molecule has 1 atom stereocenters. The van der Waals surface area contributed by atoms with E-state index in [1.54, 1.807) is 24.5 Å². The predicted molar refractivity (Wildman–Crippen MR) is 83.2 cm³/mol. The van der Waals surface area contributed by atoms with Crippen molar-refractivity contribution in [1.29, 1.82) is 0 Å². The molecule has 1 heterocycles. The van der Waals surface area contributed by atoms with Crippen molar-refractivity contribution in [2.45, 2.75) is 19.6 Å². The zero-order valence-electron chi connectivity index (χ0n) is 12.4. The molecule has 0 aliphatic heterocycles. The van der Waals surface area contributed by atoms with Crippen LogP contribution in [0.2, 0.25) is 0 Å². The number of hydrogen-bond donors (Lipinski definition) is 1. The quantitative estimate of drug-likeness (QED) is 0.502. The molecule has 114 valence electrons. The van der Waals surface area contributed by atoms with Crippen molar-refractivity contribution in [3.8, 4) is 0 Å². The van der Waals surface area contributed by atoms with E-state index in [1.807, 2.05) is 0 Å². The van der Waals surface area contributed by atoms with E-state index in [2.05, 4.69) is 30.5 Å². The number of aliphatic hydroxyl groups is 1. The number of rotatable bonds is 11.